The number of nitrogens with zero attached hydrogens (tertiary/aromatic N) is 2. The Morgan fingerprint density at radius 3 is 2.53 bits per heavy atom. The third-order valence-electron chi connectivity index (χ3n) is 4.61. The SMILES string of the molecule is CCN1C(=O)/C(=C2\SC(=S)N(NC(=O)c3ccc(Cl)cc3)C2=O)c2cc(Br)ccc21. The molecule has 0 bridgehead atoms. The lowest BCUT2D eigenvalue weighted by Gasteiger charge is -2.15. The zero-order valence-electron chi connectivity index (χ0n) is 15.4. The molecule has 2 aliphatic heterocycles. The van der Waals surface area contributed by atoms with E-state index in [1.54, 1.807) is 35.2 Å². The van der Waals surface area contributed by atoms with E-state index in [4.69, 9.17) is 23.8 Å². The van der Waals surface area contributed by atoms with Crippen LogP contribution in [0, 0.1) is 0 Å². The lowest BCUT2D eigenvalue weighted by atomic mass is 10.1. The maximum atomic E-state index is 13.1. The van der Waals surface area contributed by atoms with E-state index in [2.05, 4.69) is 21.4 Å². The minimum atomic E-state index is -0.542. The molecular weight excluding hydrogens is 510 g/mol. The number of likely N-dealkylation sites (N-methyl/N-ethyl adjacent to an activating group) is 1. The molecule has 3 amide bonds. The minimum Gasteiger partial charge on any atom is -0.308 e. The first kappa shape index (κ1) is 21.0. The second kappa shape index (κ2) is 8.14. The number of nitrogens with one attached hydrogen (secondary N) is 1. The van der Waals surface area contributed by atoms with E-state index in [9.17, 15) is 14.4 Å². The number of thiocarbonyl (C=S) groups is 1. The number of anilines is 1. The molecule has 0 atom stereocenters. The summed E-state index contributed by atoms with van der Waals surface area (Å²) < 4.78 is 0.931. The number of hydrogen-bond acceptors (Lipinski definition) is 5. The maximum absolute atomic E-state index is 13.1. The number of rotatable bonds is 3. The summed E-state index contributed by atoms with van der Waals surface area (Å²) in [6.07, 6.45) is 0. The van der Waals surface area contributed by atoms with Crippen LogP contribution < -0.4 is 10.3 Å². The molecule has 10 heteroatoms. The highest BCUT2D eigenvalue weighted by molar-refractivity contribution is 9.10. The molecule has 0 aromatic heterocycles. The topological polar surface area (TPSA) is 69.7 Å². The zero-order valence-corrected chi connectivity index (χ0v) is 19.4. The van der Waals surface area contributed by atoms with Crippen molar-refractivity contribution >= 4 is 84.8 Å². The molecule has 1 fully saturated rings. The largest absolute Gasteiger partial charge is 0.308 e. The van der Waals surface area contributed by atoms with Gasteiger partial charge >= 0.3 is 0 Å². The summed E-state index contributed by atoms with van der Waals surface area (Å²) in [6.45, 7) is 2.33. The van der Waals surface area contributed by atoms with E-state index >= 15 is 0 Å². The van der Waals surface area contributed by atoms with E-state index < -0.39 is 11.8 Å². The first-order valence-corrected chi connectivity index (χ1v) is 11.2. The monoisotopic (exact) mass is 521 g/mol. The number of hydrogen-bond donors (Lipinski definition) is 1. The van der Waals surface area contributed by atoms with Gasteiger partial charge in [-0.05, 0) is 61.6 Å². The van der Waals surface area contributed by atoms with Crippen molar-refractivity contribution in [1.29, 1.82) is 0 Å². The highest BCUT2D eigenvalue weighted by atomic mass is 79.9. The molecule has 1 saturated heterocycles. The van der Waals surface area contributed by atoms with Crippen LogP contribution in [0.5, 0.6) is 0 Å². The molecule has 0 radical (unpaired) electrons. The number of thioether (sulfide) groups is 1. The fourth-order valence-corrected chi connectivity index (χ4v) is 4.96. The lowest BCUT2D eigenvalue weighted by molar-refractivity contribution is -0.124. The van der Waals surface area contributed by atoms with Gasteiger partial charge in [-0.1, -0.05) is 39.3 Å². The van der Waals surface area contributed by atoms with Crippen LogP contribution in [-0.2, 0) is 9.59 Å². The van der Waals surface area contributed by atoms with Crippen LogP contribution in [0.25, 0.3) is 5.57 Å². The summed E-state index contributed by atoms with van der Waals surface area (Å²) >= 11 is 15.6. The Labute approximate surface area is 195 Å². The van der Waals surface area contributed by atoms with Crippen molar-refractivity contribution in [2.24, 2.45) is 0 Å². The lowest BCUT2D eigenvalue weighted by Crippen LogP contribution is -2.45. The van der Waals surface area contributed by atoms with Gasteiger partial charge < -0.3 is 4.90 Å². The molecule has 4 rings (SSSR count). The van der Waals surface area contributed by atoms with Crippen molar-refractivity contribution in [3.8, 4) is 0 Å². The maximum Gasteiger partial charge on any atom is 0.286 e. The Balaban J connectivity index is 1.69. The highest BCUT2D eigenvalue weighted by Crippen LogP contribution is 2.45. The average molecular weight is 523 g/mol. The van der Waals surface area contributed by atoms with Crippen molar-refractivity contribution in [2.45, 2.75) is 6.92 Å². The Kier molecular flexibility index (Phi) is 5.71. The molecular formula is C20H13BrClN3O3S2. The van der Waals surface area contributed by atoms with Crippen LogP contribution in [0.1, 0.15) is 22.8 Å². The smallest absolute Gasteiger partial charge is 0.286 e. The molecule has 1 N–H and O–H groups in total. The highest BCUT2D eigenvalue weighted by Gasteiger charge is 2.42. The summed E-state index contributed by atoms with van der Waals surface area (Å²) in [5.74, 6) is -1.32. The van der Waals surface area contributed by atoms with Gasteiger partial charge in [0.2, 0.25) is 0 Å². The van der Waals surface area contributed by atoms with Crippen LogP contribution >= 0.6 is 51.5 Å². The normalized spacial score (nSPS) is 18.3. The summed E-state index contributed by atoms with van der Waals surface area (Å²) in [6, 6.07) is 11.7. The number of fused-ring (bicyclic) bond motifs is 1. The van der Waals surface area contributed by atoms with Crippen LogP contribution in [0.2, 0.25) is 5.02 Å². The Morgan fingerprint density at radius 2 is 1.87 bits per heavy atom. The molecule has 0 unspecified atom stereocenters. The first-order chi connectivity index (χ1) is 14.3. The van der Waals surface area contributed by atoms with E-state index in [1.807, 2.05) is 19.1 Å². The molecule has 6 nitrogen and oxygen atoms in total. The van der Waals surface area contributed by atoms with Crippen molar-refractivity contribution < 1.29 is 14.4 Å². The Morgan fingerprint density at radius 1 is 1.17 bits per heavy atom. The van der Waals surface area contributed by atoms with Gasteiger partial charge in [-0.2, -0.15) is 5.01 Å². The predicted molar refractivity (Wildman–Crippen MR) is 125 cm³/mol. The molecule has 30 heavy (non-hydrogen) atoms. The van der Waals surface area contributed by atoms with E-state index in [0.29, 0.717) is 22.7 Å². The third kappa shape index (κ3) is 3.56. The van der Waals surface area contributed by atoms with Crippen molar-refractivity contribution in [2.75, 3.05) is 11.4 Å². The number of halogens is 2. The second-order valence-corrected chi connectivity index (χ2v) is 9.37. The Hall–Kier alpha value is -2.20. The van der Waals surface area contributed by atoms with Crippen LogP contribution in [0.4, 0.5) is 5.69 Å². The second-order valence-electron chi connectivity index (χ2n) is 6.37. The van der Waals surface area contributed by atoms with Crippen LogP contribution in [-0.4, -0.2) is 33.6 Å². The fourth-order valence-electron chi connectivity index (χ4n) is 3.22. The molecule has 0 aliphatic carbocycles. The molecule has 152 valence electrons. The summed E-state index contributed by atoms with van der Waals surface area (Å²) in [5, 5.41) is 1.49. The van der Waals surface area contributed by atoms with E-state index in [0.717, 1.165) is 26.9 Å². The third-order valence-corrected chi connectivity index (χ3v) is 6.73. The number of hydrazine groups is 1. The number of amides is 3. The zero-order chi connectivity index (χ0) is 21.6. The molecule has 0 saturated carbocycles. The van der Waals surface area contributed by atoms with Gasteiger partial charge in [-0.3, -0.25) is 19.8 Å². The van der Waals surface area contributed by atoms with Crippen molar-refractivity contribution in [3.05, 3.63) is 68.0 Å². The van der Waals surface area contributed by atoms with E-state index in [-0.39, 0.29) is 20.7 Å². The minimum absolute atomic E-state index is 0.143. The molecule has 0 spiro atoms. The first-order valence-electron chi connectivity index (χ1n) is 8.80. The van der Waals surface area contributed by atoms with Gasteiger partial charge in [0.15, 0.2) is 4.32 Å². The van der Waals surface area contributed by atoms with Crippen LogP contribution in [0.3, 0.4) is 0 Å². The van der Waals surface area contributed by atoms with Gasteiger partial charge in [-0.15, -0.1) is 0 Å². The summed E-state index contributed by atoms with van der Waals surface area (Å²) in [7, 11) is 0. The number of benzene rings is 2. The summed E-state index contributed by atoms with van der Waals surface area (Å²) in [4.78, 5) is 40.5. The van der Waals surface area contributed by atoms with Crippen LogP contribution in [0.15, 0.2) is 51.8 Å². The molecule has 2 aliphatic rings. The molecule has 2 aromatic rings. The van der Waals surface area contributed by atoms with Crippen molar-refractivity contribution in [3.63, 3.8) is 0 Å². The van der Waals surface area contributed by atoms with Gasteiger partial charge in [0.1, 0.15) is 0 Å². The number of carbonyl (C=O) groups excluding carboxylic acids is 3. The predicted octanol–water partition coefficient (Wildman–Crippen LogP) is 4.39. The quantitative estimate of drug-likeness (QED) is 0.478. The van der Waals surface area contributed by atoms with Gasteiger partial charge in [0, 0.05) is 27.2 Å². The standard InChI is InChI=1S/C20H13BrClN3O3S2/c1-2-24-14-8-5-11(21)9-13(14)15(18(24)27)16-19(28)25(20(29)30-16)23-17(26)10-3-6-12(22)7-4-10/h3-9H,2H2,1H3,(H,23,26)/b16-15-. The number of carbonyl (C=O) groups is 3. The molecule has 2 heterocycles. The summed E-state index contributed by atoms with van der Waals surface area (Å²) in [5.41, 5.74) is 4.51. The Bertz CT molecular complexity index is 1150. The fraction of sp³-hybridized carbons (Fsp3) is 0.100. The van der Waals surface area contributed by atoms with Crippen molar-refractivity contribution in [1.82, 2.24) is 10.4 Å². The van der Waals surface area contributed by atoms with Gasteiger partial charge in [-0.25, -0.2) is 0 Å². The molecule has 2 aromatic carbocycles. The van der Waals surface area contributed by atoms with Gasteiger partial charge in [0.05, 0.1) is 16.2 Å². The van der Waals surface area contributed by atoms with E-state index in [1.165, 1.54) is 0 Å². The average Bonchev–Trinajstić information content (AvgIpc) is 3.14. The van der Waals surface area contributed by atoms with Gasteiger partial charge in [0.25, 0.3) is 17.7 Å².